The van der Waals surface area contributed by atoms with Crippen LogP contribution in [-0.2, 0) is 6.54 Å². The lowest BCUT2D eigenvalue weighted by atomic mass is 10.2. The standard InChI is InChI=1S/C11H12BrF2NO3/c12-8-1-7(2-9-10(8)18-6-17-9)3-15-4-11(13,14)5-16/h1-2,15-16H,3-6H2. The van der Waals surface area contributed by atoms with E-state index >= 15 is 0 Å². The molecule has 2 rings (SSSR count). The first kappa shape index (κ1) is 13.5. The molecular formula is C11H12BrF2NO3. The van der Waals surface area contributed by atoms with E-state index in [9.17, 15) is 8.78 Å². The summed E-state index contributed by atoms with van der Waals surface area (Å²) in [6.07, 6.45) is 0. The van der Waals surface area contributed by atoms with E-state index in [0.717, 1.165) is 10.0 Å². The summed E-state index contributed by atoms with van der Waals surface area (Å²) < 4.78 is 36.7. The largest absolute Gasteiger partial charge is 0.454 e. The number of hydrogen-bond donors (Lipinski definition) is 2. The van der Waals surface area contributed by atoms with Gasteiger partial charge < -0.3 is 19.9 Å². The molecule has 0 spiro atoms. The third kappa shape index (κ3) is 3.09. The maximum atomic E-state index is 12.8. The lowest BCUT2D eigenvalue weighted by Crippen LogP contribution is -2.35. The normalized spacial score (nSPS) is 14.0. The van der Waals surface area contributed by atoms with E-state index in [-0.39, 0.29) is 13.3 Å². The third-order valence-electron chi connectivity index (χ3n) is 2.43. The Labute approximate surface area is 111 Å². The molecule has 1 aliphatic heterocycles. The van der Waals surface area contributed by atoms with Crippen LogP contribution in [-0.4, -0.2) is 31.0 Å². The van der Waals surface area contributed by atoms with Gasteiger partial charge >= 0.3 is 0 Å². The van der Waals surface area contributed by atoms with Gasteiger partial charge in [-0.15, -0.1) is 0 Å². The number of benzene rings is 1. The van der Waals surface area contributed by atoms with Crippen molar-refractivity contribution in [2.24, 2.45) is 0 Å². The molecule has 0 saturated heterocycles. The number of alkyl halides is 2. The third-order valence-corrected chi connectivity index (χ3v) is 3.02. The highest BCUT2D eigenvalue weighted by molar-refractivity contribution is 9.10. The van der Waals surface area contributed by atoms with Crippen molar-refractivity contribution in [3.05, 3.63) is 22.2 Å². The van der Waals surface area contributed by atoms with Crippen LogP contribution in [0.25, 0.3) is 0 Å². The topological polar surface area (TPSA) is 50.7 Å². The number of halogens is 3. The van der Waals surface area contributed by atoms with Gasteiger partial charge in [0.15, 0.2) is 11.5 Å². The average Bonchev–Trinajstić information content (AvgIpc) is 2.77. The fourth-order valence-corrected chi connectivity index (χ4v) is 2.17. The zero-order chi connectivity index (χ0) is 13.2. The Kier molecular flexibility index (Phi) is 4.04. The van der Waals surface area contributed by atoms with Crippen molar-refractivity contribution in [2.45, 2.75) is 12.5 Å². The average molecular weight is 324 g/mol. The molecule has 0 saturated carbocycles. The van der Waals surface area contributed by atoms with E-state index in [1.165, 1.54) is 0 Å². The number of aliphatic hydroxyl groups is 1. The van der Waals surface area contributed by atoms with E-state index in [2.05, 4.69) is 21.2 Å². The maximum Gasteiger partial charge on any atom is 0.282 e. The summed E-state index contributed by atoms with van der Waals surface area (Å²) in [7, 11) is 0. The lowest BCUT2D eigenvalue weighted by Gasteiger charge is -2.14. The monoisotopic (exact) mass is 323 g/mol. The summed E-state index contributed by atoms with van der Waals surface area (Å²) in [4.78, 5) is 0. The fourth-order valence-electron chi connectivity index (χ4n) is 1.57. The van der Waals surface area contributed by atoms with Crippen molar-refractivity contribution in [1.82, 2.24) is 5.32 Å². The summed E-state index contributed by atoms with van der Waals surface area (Å²) in [5, 5.41) is 11.0. The van der Waals surface area contributed by atoms with Crippen LogP contribution in [0.1, 0.15) is 5.56 Å². The minimum absolute atomic E-state index is 0.160. The molecular weight excluding hydrogens is 312 g/mol. The number of aliphatic hydroxyl groups excluding tert-OH is 1. The van der Waals surface area contributed by atoms with Gasteiger partial charge in [-0.2, -0.15) is 0 Å². The van der Waals surface area contributed by atoms with Crippen LogP contribution in [0, 0.1) is 0 Å². The van der Waals surface area contributed by atoms with Gasteiger partial charge in [-0.1, -0.05) is 0 Å². The molecule has 1 aliphatic rings. The van der Waals surface area contributed by atoms with Crippen molar-refractivity contribution in [3.8, 4) is 11.5 Å². The molecule has 0 unspecified atom stereocenters. The highest BCUT2D eigenvalue weighted by atomic mass is 79.9. The van der Waals surface area contributed by atoms with Crippen LogP contribution >= 0.6 is 15.9 Å². The van der Waals surface area contributed by atoms with Crippen molar-refractivity contribution < 1.29 is 23.4 Å². The second-order valence-corrected chi connectivity index (χ2v) is 4.78. The predicted molar refractivity (Wildman–Crippen MR) is 64.0 cm³/mol. The highest BCUT2D eigenvalue weighted by Crippen LogP contribution is 2.39. The van der Waals surface area contributed by atoms with Gasteiger partial charge in [-0.3, -0.25) is 0 Å². The molecule has 0 atom stereocenters. The van der Waals surface area contributed by atoms with E-state index in [1.807, 2.05) is 0 Å². The Balaban J connectivity index is 1.97. The molecule has 0 amide bonds. The number of fused-ring (bicyclic) bond motifs is 1. The van der Waals surface area contributed by atoms with Crippen LogP contribution in [0.15, 0.2) is 16.6 Å². The second-order valence-electron chi connectivity index (χ2n) is 3.93. The van der Waals surface area contributed by atoms with Crippen molar-refractivity contribution in [1.29, 1.82) is 0 Å². The minimum Gasteiger partial charge on any atom is -0.454 e. The zero-order valence-electron chi connectivity index (χ0n) is 9.38. The molecule has 0 bridgehead atoms. The SMILES string of the molecule is OCC(F)(F)CNCc1cc(Br)c2c(c1)OCO2. The van der Waals surface area contributed by atoms with Gasteiger partial charge in [0.1, 0.15) is 6.61 Å². The predicted octanol–water partition coefficient (Wildman–Crippen LogP) is 1.89. The quantitative estimate of drug-likeness (QED) is 0.869. The summed E-state index contributed by atoms with van der Waals surface area (Å²) in [6.45, 7) is -1.32. The van der Waals surface area contributed by atoms with E-state index in [0.29, 0.717) is 11.5 Å². The van der Waals surface area contributed by atoms with E-state index in [1.54, 1.807) is 12.1 Å². The molecule has 0 aromatic heterocycles. The number of rotatable bonds is 5. The van der Waals surface area contributed by atoms with Gasteiger partial charge in [0.25, 0.3) is 5.92 Å². The highest BCUT2D eigenvalue weighted by Gasteiger charge is 2.27. The molecule has 1 aromatic carbocycles. The second kappa shape index (κ2) is 5.38. The van der Waals surface area contributed by atoms with Crippen molar-refractivity contribution in [2.75, 3.05) is 19.9 Å². The summed E-state index contributed by atoms with van der Waals surface area (Å²) in [5.41, 5.74) is 0.792. The van der Waals surface area contributed by atoms with Crippen molar-refractivity contribution in [3.63, 3.8) is 0 Å². The molecule has 0 aliphatic carbocycles. The number of ether oxygens (including phenoxy) is 2. The van der Waals surface area contributed by atoms with Crippen LogP contribution in [0.4, 0.5) is 8.78 Å². The molecule has 18 heavy (non-hydrogen) atoms. The van der Waals surface area contributed by atoms with Gasteiger partial charge in [0, 0.05) is 6.54 Å². The van der Waals surface area contributed by atoms with E-state index in [4.69, 9.17) is 14.6 Å². The molecule has 0 radical (unpaired) electrons. The Morgan fingerprint density at radius 1 is 1.39 bits per heavy atom. The first-order valence-electron chi connectivity index (χ1n) is 5.29. The molecule has 0 fully saturated rings. The number of nitrogens with one attached hydrogen (secondary N) is 1. The van der Waals surface area contributed by atoms with Gasteiger partial charge in [-0.05, 0) is 33.6 Å². The Bertz CT molecular complexity index is 443. The number of hydrogen-bond acceptors (Lipinski definition) is 4. The van der Waals surface area contributed by atoms with Gasteiger partial charge in [-0.25, -0.2) is 8.78 Å². The minimum atomic E-state index is -3.10. The van der Waals surface area contributed by atoms with Crippen LogP contribution in [0.5, 0.6) is 11.5 Å². The molecule has 7 heteroatoms. The molecule has 4 nitrogen and oxygen atoms in total. The van der Waals surface area contributed by atoms with Gasteiger partial charge in [0.05, 0.1) is 11.0 Å². The summed E-state index contributed by atoms with van der Waals surface area (Å²) in [5.74, 6) is -1.89. The zero-order valence-corrected chi connectivity index (χ0v) is 11.0. The molecule has 2 N–H and O–H groups in total. The molecule has 100 valence electrons. The summed E-state index contributed by atoms with van der Waals surface area (Å²) >= 11 is 3.32. The Morgan fingerprint density at radius 2 is 2.17 bits per heavy atom. The molecule has 1 aromatic rings. The van der Waals surface area contributed by atoms with Gasteiger partial charge in [0.2, 0.25) is 6.79 Å². The van der Waals surface area contributed by atoms with Crippen LogP contribution in [0.3, 0.4) is 0 Å². The first-order chi connectivity index (χ1) is 8.52. The Morgan fingerprint density at radius 3 is 2.89 bits per heavy atom. The lowest BCUT2D eigenvalue weighted by molar-refractivity contribution is -0.0477. The first-order valence-corrected chi connectivity index (χ1v) is 6.08. The van der Waals surface area contributed by atoms with Crippen LogP contribution < -0.4 is 14.8 Å². The van der Waals surface area contributed by atoms with Crippen LogP contribution in [0.2, 0.25) is 0 Å². The fraction of sp³-hybridized carbons (Fsp3) is 0.455. The summed E-state index contributed by atoms with van der Waals surface area (Å²) in [6, 6.07) is 3.51. The van der Waals surface area contributed by atoms with Crippen molar-refractivity contribution >= 4 is 15.9 Å². The molecule has 1 heterocycles. The smallest absolute Gasteiger partial charge is 0.282 e. The van der Waals surface area contributed by atoms with E-state index < -0.39 is 19.1 Å². The maximum absolute atomic E-state index is 12.8. The Hall–Kier alpha value is -0.920.